The van der Waals surface area contributed by atoms with Crippen molar-refractivity contribution in [2.75, 3.05) is 5.32 Å². The Morgan fingerprint density at radius 1 is 1.18 bits per heavy atom. The van der Waals surface area contributed by atoms with Crippen LogP contribution in [0.2, 0.25) is 0 Å². The molecule has 0 aliphatic carbocycles. The van der Waals surface area contributed by atoms with Crippen LogP contribution in [0.3, 0.4) is 0 Å². The van der Waals surface area contributed by atoms with Gasteiger partial charge in [-0.1, -0.05) is 30.3 Å². The molecule has 0 aliphatic rings. The fourth-order valence-electron chi connectivity index (χ4n) is 1.65. The second kappa shape index (κ2) is 6.30. The van der Waals surface area contributed by atoms with Crippen molar-refractivity contribution in [1.29, 1.82) is 0 Å². The summed E-state index contributed by atoms with van der Waals surface area (Å²) >= 11 is 0. The van der Waals surface area contributed by atoms with Gasteiger partial charge in [-0.15, -0.1) is 12.4 Å². The molecule has 0 spiro atoms. The second-order valence-electron chi connectivity index (χ2n) is 4.09. The summed E-state index contributed by atoms with van der Waals surface area (Å²) in [6.45, 7) is 5.08. The summed E-state index contributed by atoms with van der Waals surface area (Å²) in [5.41, 5.74) is 1.28. The van der Waals surface area contributed by atoms with E-state index in [0.29, 0.717) is 6.04 Å². The number of aromatic nitrogens is 2. The predicted octanol–water partition coefficient (Wildman–Crippen LogP) is 3.50. The molecule has 0 aliphatic heterocycles. The first-order valence-electron chi connectivity index (χ1n) is 5.58. The summed E-state index contributed by atoms with van der Waals surface area (Å²) in [5.74, 6) is 1.07. The third-order valence-electron chi connectivity index (χ3n) is 2.48. The normalized spacial score (nSPS) is 10.1. The van der Waals surface area contributed by atoms with Crippen LogP contribution in [0.25, 0.3) is 0 Å². The van der Waals surface area contributed by atoms with Crippen molar-refractivity contribution in [2.45, 2.75) is 26.4 Å². The number of rotatable bonds is 4. The van der Waals surface area contributed by atoms with E-state index in [0.717, 1.165) is 12.4 Å². The standard InChI is InChI=1S/C13H17N3.ClH/c1-11(2)16-13(8-9-15-16)14-10-12-6-4-3-5-7-12;/h3-9,11,14H,10H2,1-2H3;1H. The van der Waals surface area contributed by atoms with E-state index in [1.807, 2.05) is 23.0 Å². The summed E-state index contributed by atoms with van der Waals surface area (Å²) in [4.78, 5) is 0. The molecule has 0 unspecified atom stereocenters. The molecule has 2 rings (SSSR count). The highest BCUT2D eigenvalue weighted by molar-refractivity contribution is 5.85. The molecule has 0 radical (unpaired) electrons. The SMILES string of the molecule is CC(C)n1nccc1NCc1ccccc1.Cl. The maximum Gasteiger partial charge on any atom is 0.124 e. The molecule has 4 heteroatoms. The van der Waals surface area contributed by atoms with E-state index < -0.39 is 0 Å². The van der Waals surface area contributed by atoms with Crippen LogP contribution < -0.4 is 5.32 Å². The van der Waals surface area contributed by atoms with Gasteiger partial charge in [0.1, 0.15) is 5.82 Å². The summed E-state index contributed by atoms with van der Waals surface area (Å²) in [7, 11) is 0. The Morgan fingerprint density at radius 3 is 2.53 bits per heavy atom. The third kappa shape index (κ3) is 3.49. The van der Waals surface area contributed by atoms with Gasteiger partial charge in [0, 0.05) is 18.7 Å². The first-order valence-corrected chi connectivity index (χ1v) is 5.58. The lowest BCUT2D eigenvalue weighted by atomic mass is 10.2. The fourth-order valence-corrected chi connectivity index (χ4v) is 1.65. The lowest BCUT2D eigenvalue weighted by Gasteiger charge is -2.12. The summed E-state index contributed by atoms with van der Waals surface area (Å²) in [5, 5.41) is 7.67. The monoisotopic (exact) mass is 251 g/mol. The number of hydrogen-bond acceptors (Lipinski definition) is 2. The van der Waals surface area contributed by atoms with Crippen LogP contribution in [0.1, 0.15) is 25.5 Å². The molecule has 1 heterocycles. The van der Waals surface area contributed by atoms with Crippen LogP contribution in [0, 0.1) is 0 Å². The molecule has 3 nitrogen and oxygen atoms in total. The summed E-state index contributed by atoms with van der Waals surface area (Å²) in [6.07, 6.45) is 1.83. The number of benzene rings is 1. The fraction of sp³-hybridized carbons (Fsp3) is 0.308. The van der Waals surface area contributed by atoms with Crippen LogP contribution >= 0.6 is 12.4 Å². The highest BCUT2D eigenvalue weighted by atomic mass is 35.5. The number of halogens is 1. The van der Waals surface area contributed by atoms with E-state index in [9.17, 15) is 0 Å². The first-order chi connectivity index (χ1) is 7.77. The van der Waals surface area contributed by atoms with E-state index >= 15 is 0 Å². The molecule has 1 aromatic carbocycles. The molecule has 0 fully saturated rings. The van der Waals surface area contributed by atoms with Gasteiger partial charge in [-0.05, 0) is 19.4 Å². The van der Waals surface area contributed by atoms with E-state index in [-0.39, 0.29) is 12.4 Å². The average Bonchev–Trinajstić information content (AvgIpc) is 2.76. The van der Waals surface area contributed by atoms with Crippen molar-refractivity contribution >= 4 is 18.2 Å². The highest BCUT2D eigenvalue weighted by Crippen LogP contribution is 2.14. The minimum absolute atomic E-state index is 0. The molecule has 0 atom stereocenters. The molecule has 92 valence electrons. The summed E-state index contributed by atoms with van der Waals surface area (Å²) < 4.78 is 1.99. The zero-order chi connectivity index (χ0) is 11.4. The molecule has 0 saturated carbocycles. The minimum Gasteiger partial charge on any atom is -0.366 e. The predicted molar refractivity (Wildman–Crippen MR) is 73.6 cm³/mol. The van der Waals surface area contributed by atoms with Crippen molar-refractivity contribution in [2.24, 2.45) is 0 Å². The van der Waals surface area contributed by atoms with Crippen molar-refractivity contribution < 1.29 is 0 Å². The van der Waals surface area contributed by atoms with Crippen molar-refractivity contribution in [3.05, 3.63) is 48.2 Å². The average molecular weight is 252 g/mol. The highest BCUT2D eigenvalue weighted by Gasteiger charge is 2.04. The molecule has 2 aromatic rings. The minimum atomic E-state index is 0. The van der Waals surface area contributed by atoms with E-state index in [1.165, 1.54) is 5.56 Å². The van der Waals surface area contributed by atoms with Crippen LogP contribution in [0.5, 0.6) is 0 Å². The smallest absolute Gasteiger partial charge is 0.124 e. The van der Waals surface area contributed by atoms with Crippen molar-refractivity contribution in [3.8, 4) is 0 Å². The van der Waals surface area contributed by atoms with E-state index in [2.05, 4.69) is 48.5 Å². The van der Waals surface area contributed by atoms with Crippen molar-refractivity contribution in [1.82, 2.24) is 9.78 Å². The van der Waals surface area contributed by atoms with Gasteiger partial charge in [-0.2, -0.15) is 5.10 Å². The van der Waals surface area contributed by atoms with Gasteiger partial charge in [0.25, 0.3) is 0 Å². The van der Waals surface area contributed by atoms with Gasteiger partial charge in [0.05, 0.1) is 6.20 Å². The van der Waals surface area contributed by atoms with Crippen LogP contribution in [0.15, 0.2) is 42.6 Å². The number of hydrogen-bond donors (Lipinski definition) is 1. The molecule has 0 bridgehead atoms. The number of nitrogens with one attached hydrogen (secondary N) is 1. The van der Waals surface area contributed by atoms with E-state index in [1.54, 1.807) is 0 Å². The third-order valence-corrected chi connectivity index (χ3v) is 2.48. The van der Waals surface area contributed by atoms with E-state index in [4.69, 9.17) is 0 Å². The van der Waals surface area contributed by atoms with Gasteiger partial charge in [0.15, 0.2) is 0 Å². The van der Waals surface area contributed by atoms with Gasteiger partial charge in [0.2, 0.25) is 0 Å². The zero-order valence-corrected chi connectivity index (χ0v) is 10.9. The van der Waals surface area contributed by atoms with Crippen LogP contribution in [-0.4, -0.2) is 9.78 Å². The van der Waals surface area contributed by atoms with Gasteiger partial charge < -0.3 is 5.32 Å². The van der Waals surface area contributed by atoms with Gasteiger partial charge in [-0.3, -0.25) is 0 Å². The quantitative estimate of drug-likeness (QED) is 0.902. The molecule has 17 heavy (non-hydrogen) atoms. The van der Waals surface area contributed by atoms with Crippen LogP contribution in [-0.2, 0) is 6.54 Å². The summed E-state index contributed by atoms with van der Waals surface area (Å²) in [6, 6.07) is 12.7. The largest absolute Gasteiger partial charge is 0.366 e. The lowest BCUT2D eigenvalue weighted by Crippen LogP contribution is -2.09. The first kappa shape index (κ1) is 13.6. The maximum absolute atomic E-state index is 4.28. The Balaban J connectivity index is 0.00000144. The molecular weight excluding hydrogens is 234 g/mol. The Morgan fingerprint density at radius 2 is 1.88 bits per heavy atom. The Hall–Kier alpha value is -1.48. The number of nitrogens with zero attached hydrogens (tertiary/aromatic N) is 2. The zero-order valence-electron chi connectivity index (χ0n) is 10.1. The van der Waals surface area contributed by atoms with Crippen LogP contribution in [0.4, 0.5) is 5.82 Å². The van der Waals surface area contributed by atoms with Gasteiger partial charge in [-0.25, -0.2) is 4.68 Å². The molecule has 0 saturated heterocycles. The molecule has 1 N–H and O–H groups in total. The lowest BCUT2D eigenvalue weighted by molar-refractivity contribution is 0.537. The molecule has 0 amide bonds. The molecular formula is C13H18ClN3. The Labute approximate surface area is 108 Å². The van der Waals surface area contributed by atoms with Crippen molar-refractivity contribution in [3.63, 3.8) is 0 Å². The topological polar surface area (TPSA) is 29.9 Å². The number of anilines is 1. The Kier molecular flexibility index (Phi) is 5.04. The Bertz CT molecular complexity index is 437. The molecule has 1 aromatic heterocycles. The van der Waals surface area contributed by atoms with Gasteiger partial charge >= 0.3 is 0 Å². The maximum atomic E-state index is 4.28. The second-order valence-corrected chi connectivity index (χ2v) is 4.09.